The van der Waals surface area contributed by atoms with Crippen LogP contribution in [0, 0.1) is 0 Å². The Balaban J connectivity index is 2.63. The molecule has 1 aliphatic rings. The number of methoxy groups -OCH3 is 3. The summed E-state index contributed by atoms with van der Waals surface area (Å²) in [7, 11) is 4.51. The average Bonchev–Trinajstić information content (AvgIpc) is 2.44. The highest BCUT2D eigenvalue weighted by atomic mass is 16.5. The van der Waals surface area contributed by atoms with Crippen molar-refractivity contribution in [3.8, 4) is 11.5 Å². The number of rotatable bonds is 3. The molecule has 1 aromatic carbocycles. The molecule has 0 radical (unpaired) electrons. The summed E-state index contributed by atoms with van der Waals surface area (Å²) in [6.07, 6.45) is 4.23. The largest absolute Gasteiger partial charge is 0.493 e. The second kappa shape index (κ2) is 5.29. The van der Waals surface area contributed by atoms with Crippen LogP contribution >= 0.6 is 0 Å². The van der Waals surface area contributed by atoms with E-state index in [2.05, 4.69) is 0 Å². The van der Waals surface area contributed by atoms with Gasteiger partial charge in [0.25, 0.3) is 0 Å². The van der Waals surface area contributed by atoms with Crippen LogP contribution in [0.25, 0.3) is 0 Å². The van der Waals surface area contributed by atoms with Crippen LogP contribution < -0.4 is 9.47 Å². The van der Waals surface area contributed by atoms with Crippen LogP contribution in [0.2, 0.25) is 0 Å². The van der Waals surface area contributed by atoms with Crippen molar-refractivity contribution in [2.75, 3.05) is 21.3 Å². The first kappa shape index (κ1) is 12.7. The zero-order valence-electron chi connectivity index (χ0n) is 11.0. The molecule has 4 heteroatoms. The maximum absolute atomic E-state index is 11.8. The highest BCUT2D eigenvalue weighted by molar-refractivity contribution is 5.94. The fourth-order valence-corrected chi connectivity index (χ4v) is 2.53. The Bertz CT molecular complexity index is 465. The van der Waals surface area contributed by atoms with Crippen molar-refractivity contribution in [1.82, 2.24) is 0 Å². The lowest BCUT2D eigenvalue weighted by molar-refractivity contribution is 0.0596. The predicted molar refractivity (Wildman–Crippen MR) is 67.5 cm³/mol. The van der Waals surface area contributed by atoms with Crippen LogP contribution in [-0.2, 0) is 17.6 Å². The molecule has 4 nitrogen and oxygen atoms in total. The lowest BCUT2D eigenvalue weighted by atomic mass is 9.89. The third-order valence-electron chi connectivity index (χ3n) is 3.37. The van der Waals surface area contributed by atoms with Gasteiger partial charge in [0, 0.05) is 5.56 Å². The molecule has 1 aromatic rings. The Morgan fingerprint density at radius 2 is 1.72 bits per heavy atom. The van der Waals surface area contributed by atoms with Gasteiger partial charge in [-0.25, -0.2) is 4.79 Å². The number of carbonyl (C=O) groups excluding carboxylic acids is 1. The van der Waals surface area contributed by atoms with E-state index >= 15 is 0 Å². The summed E-state index contributed by atoms with van der Waals surface area (Å²) in [5.74, 6) is 0.763. The number of aryl methyl sites for hydroxylation is 1. The lowest BCUT2D eigenvalue weighted by Crippen LogP contribution is -2.12. The maximum Gasteiger partial charge on any atom is 0.341 e. The normalized spacial score (nSPS) is 13.7. The SMILES string of the molecule is COC(=O)c1cc2c(c(OC)c1OC)CCCC2. The summed E-state index contributed by atoms with van der Waals surface area (Å²) in [5, 5.41) is 0. The van der Waals surface area contributed by atoms with Gasteiger partial charge in [0.2, 0.25) is 0 Å². The lowest BCUT2D eigenvalue weighted by Gasteiger charge is -2.22. The number of ether oxygens (including phenoxy) is 3. The second-order valence-corrected chi connectivity index (χ2v) is 4.33. The van der Waals surface area contributed by atoms with Crippen molar-refractivity contribution in [2.24, 2.45) is 0 Å². The molecule has 0 N–H and O–H groups in total. The van der Waals surface area contributed by atoms with Crippen molar-refractivity contribution in [1.29, 1.82) is 0 Å². The van der Waals surface area contributed by atoms with Gasteiger partial charge in [-0.2, -0.15) is 0 Å². The van der Waals surface area contributed by atoms with Crippen LogP contribution in [0.1, 0.15) is 34.3 Å². The summed E-state index contributed by atoms with van der Waals surface area (Å²) >= 11 is 0. The van der Waals surface area contributed by atoms with E-state index in [1.54, 1.807) is 14.2 Å². The van der Waals surface area contributed by atoms with Crippen LogP contribution in [0.3, 0.4) is 0 Å². The van der Waals surface area contributed by atoms with Crippen LogP contribution in [-0.4, -0.2) is 27.3 Å². The van der Waals surface area contributed by atoms with Gasteiger partial charge in [-0.3, -0.25) is 0 Å². The Morgan fingerprint density at radius 1 is 1.06 bits per heavy atom. The highest BCUT2D eigenvalue weighted by Gasteiger charge is 2.25. The molecule has 0 saturated heterocycles. The average molecular weight is 250 g/mol. The van der Waals surface area contributed by atoms with E-state index in [0.717, 1.165) is 31.2 Å². The van der Waals surface area contributed by atoms with E-state index in [4.69, 9.17) is 14.2 Å². The number of carbonyl (C=O) groups is 1. The summed E-state index contributed by atoms with van der Waals surface area (Å²) in [6, 6.07) is 1.88. The summed E-state index contributed by atoms with van der Waals surface area (Å²) in [5.41, 5.74) is 2.77. The molecule has 1 aliphatic carbocycles. The minimum atomic E-state index is -0.390. The Hall–Kier alpha value is -1.71. The Morgan fingerprint density at radius 3 is 2.33 bits per heavy atom. The molecule has 0 heterocycles. The number of esters is 1. The first-order valence-corrected chi connectivity index (χ1v) is 6.08. The standard InChI is InChI=1S/C14H18O4/c1-16-12-10-7-5-4-6-9(10)8-11(13(12)17-2)14(15)18-3/h8H,4-7H2,1-3H3. The van der Waals surface area contributed by atoms with Gasteiger partial charge in [0.1, 0.15) is 5.56 Å². The van der Waals surface area contributed by atoms with E-state index in [0.29, 0.717) is 17.1 Å². The monoisotopic (exact) mass is 250 g/mol. The molecule has 0 fully saturated rings. The van der Waals surface area contributed by atoms with Crippen molar-refractivity contribution in [2.45, 2.75) is 25.7 Å². The van der Waals surface area contributed by atoms with Crippen LogP contribution in [0.4, 0.5) is 0 Å². The van der Waals surface area contributed by atoms with Crippen LogP contribution in [0.5, 0.6) is 11.5 Å². The van der Waals surface area contributed by atoms with E-state index in [1.807, 2.05) is 6.07 Å². The smallest absolute Gasteiger partial charge is 0.341 e. The molecule has 0 saturated carbocycles. The van der Waals surface area contributed by atoms with Gasteiger partial charge in [-0.05, 0) is 37.3 Å². The molecule has 18 heavy (non-hydrogen) atoms. The third-order valence-corrected chi connectivity index (χ3v) is 3.37. The van der Waals surface area contributed by atoms with Gasteiger partial charge in [-0.1, -0.05) is 0 Å². The molecule has 0 unspecified atom stereocenters. The topological polar surface area (TPSA) is 44.8 Å². The summed E-state index contributed by atoms with van der Waals surface area (Å²) in [4.78, 5) is 11.8. The first-order valence-electron chi connectivity index (χ1n) is 6.08. The molecule has 0 bridgehead atoms. The molecule has 0 amide bonds. The van der Waals surface area contributed by atoms with Gasteiger partial charge >= 0.3 is 5.97 Å². The van der Waals surface area contributed by atoms with Crippen molar-refractivity contribution >= 4 is 5.97 Å². The fourth-order valence-electron chi connectivity index (χ4n) is 2.53. The van der Waals surface area contributed by atoms with Gasteiger partial charge < -0.3 is 14.2 Å². The second-order valence-electron chi connectivity index (χ2n) is 4.33. The molecular formula is C14H18O4. The van der Waals surface area contributed by atoms with E-state index in [9.17, 15) is 4.79 Å². The minimum absolute atomic E-state index is 0.390. The molecule has 98 valence electrons. The predicted octanol–water partition coefficient (Wildman–Crippen LogP) is 2.37. The molecular weight excluding hydrogens is 232 g/mol. The van der Waals surface area contributed by atoms with Crippen molar-refractivity contribution in [3.63, 3.8) is 0 Å². The third kappa shape index (κ3) is 2.03. The van der Waals surface area contributed by atoms with E-state index in [-0.39, 0.29) is 0 Å². The fraction of sp³-hybridized carbons (Fsp3) is 0.500. The van der Waals surface area contributed by atoms with E-state index in [1.165, 1.54) is 12.7 Å². The first-order chi connectivity index (χ1) is 8.72. The van der Waals surface area contributed by atoms with Gasteiger partial charge in [0.05, 0.1) is 21.3 Å². The van der Waals surface area contributed by atoms with Gasteiger partial charge in [-0.15, -0.1) is 0 Å². The molecule has 0 spiro atoms. The Kier molecular flexibility index (Phi) is 3.75. The number of hydrogen-bond donors (Lipinski definition) is 0. The van der Waals surface area contributed by atoms with Crippen molar-refractivity contribution < 1.29 is 19.0 Å². The zero-order valence-corrected chi connectivity index (χ0v) is 11.0. The molecule has 0 aromatic heterocycles. The maximum atomic E-state index is 11.8. The van der Waals surface area contributed by atoms with E-state index < -0.39 is 5.97 Å². The highest BCUT2D eigenvalue weighted by Crippen LogP contribution is 2.40. The summed E-state index contributed by atoms with van der Waals surface area (Å²) in [6.45, 7) is 0. The molecule has 0 aliphatic heterocycles. The molecule has 2 rings (SSSR count). The number of hydrogen-bond acceptors (Lipinski definition) is 4. The van der Waals surface area contributed by atoms with Crippen LogP contribution in [0.15, 0.2) is 6.07 Å². The zero-order chi connectivity index (χ0) is 13.1. The number of fused-ring (bicyclic) bond motifs is 1. The van der Waals surface area contributed by atoms with Crippen molar-refractivity contribution in [3.05, 3.63) is 22.8 Å². The number of benzene rings is 1. The summed E-state index contributed by atoms with van der Waals surface area (Å²) < 4.78 is 15.6. The van der Waals surface area contributed by atoms with Gasteiger partial charge in [0.15, 0.2) is 11.5 Å². The quantitative estimate of drug-likeness (QED) is 0.772. The molecule has 0 atom stereocenters. The Labute approximate surface area is 107 Å². The minimum Gasteiger partial charge on any atom is -0.493 e.